The van der Waals surface area contributed by atoms with Gasteiger partial charge in [-0.3, -0.25) is 4.79 Å². The Labute approximate surface area is 183 Å². The lowest BCUT2D eigenvalue weighted by Crippen LogP contribution is -2.16. The van der Waals surface area contributed by atoms with Gasteiger partial charge in [0.25, 0.3) is 5.91 Å². The molecule has 0 fully saturated rings. The Hall–Kier alpha value is -3.76. The number of nitrogens with zero attached hydrogens (tertiary/aromatic N) is 1. The predicted molar refractivity (Wildman–Crippen MR) is 119 cm³/mol. The van der Waals surface area contributed by atoms with Crippen molar-refractivity contribution in [1.29, 1.82) is 5.26 Å². The lowest BCUT2D eigenvalue weighted by molar-refractivity contribution is -0.112. The van der Waals surface area contributed by atoms with Crippen LogP contribution in [0.4, 0.5) is 9.39 Å². The minimum atomic E-state index is -0.638. The fourth-order valence-corrected chi connectivity index (χ4v) is 3.80. The highest BCUT2D eigenvalue weighted by Crippen LogP contribution is 2.36. The molecule has 0 aliphatic carbocycles. The SMILES string of the molecule is CCOC(=O)c1c(-c2ccc(F)cc2)csc1NC(=O)/C(C#N)=C/c1ccc(C)cc1. The number of carbonyl (C=O) groups excluding carboxylic acids is 2. The summed E-state index contributed by atoms with van der Waals surface area (Å²) in [6.45, 7) is 3.78. The van der Waals surface area contributed by atoms with Crippen LogP contribution in [0.1, 0.15) is 28.4 Å². The number of anilines is 1. The molecule has 0 atom stereocenters. The summed E-state index contributed by atoms with van der Waals surface area (Å²) in [5, 5.41) is 14.0. The van der Waals surface area contributed by atoms with Crippen molar-refractivity contribution < 1.29 is 18.7 Å². The van der Waals surface area contributed by atoms with E-state index in [1.54, 1.807) is 24.4 Å². The number of aryl methyl sites for hydroxylation is 1. The van der Waals surface area contributed by atoms with Gasteiger partial charge in [-0.25, -0.2) is 9.18 Å². The molecule has 0 radical (unpaired) electrons. The number of esters is 1. The zero-order chi connectivity index (χ0) is 22.4. The summed E-state index contributed by atoms with van der Waals surface area (Å²) in [5.41, 5.74) is 2.96. The number of ether oxygens (including phenoxy) is 1. The van der Waals surface area contributed by atoms with Gasteiger partial charge in [-0.1, -0.05) is 42.0 Å². The number of hydrogen-bond donors (Lipinski definition) is 1. The maximum Gasteiger partial charge on any atom is 0.341 e. The Morgan fingerprint density at radius 1 is 1.16 bits per heavy atom. The van der Waals surface area contributed by atoms with Crippen molar-refractivity contribution in [3.8, 4) is 17.2 Å². The molecule has 7 heteroatoms. The van der Waals surface area contributed by atoms with Crippen molar-refractivity contribution in [2.75, 3.05) is 11.9 Å². The summed E-state index contributed by atoms with van der Waals surface area (Å²) in [6.07, 6.45) is 1.48. The minimum absolute atomic E-state index is 0.101. The van der Waals surface area contributed by atoms with Crippen LogP contribution < -0.4 is 5.32 Å². The van der Waals surface area contributed by atoms with Crippen molar-refractivity contribution in [1.82, 2.24) is 0 Å². The van der Waals surface area contributed by atoms with Gasteiger partial charge in [0.1, 0.15) is 28.0 Å². The Bertz CT molecular complexity index is 1170. The maximum atomic E-state index is 13.3. The van der Waals surface area contributed by atoms with E-state index >= 15 is 0 Å². The lowest BCUT2D eigenvalue weighted by atomic mass is 10.0. The van der Waals surface area contributed by atoms with E-state index in [1.807, 2.05) is 37.3 Å². The first-order valence-corrected chi connectivity index (χ1v) is 10.3. The van der Waals surface area contributed by atoms with Crippen LogP contribution in [0, 0.1) is 24.1 Å². The maximum absolute atomic E-state index is 13.3. The van der Waals surface area contributed by atoms with E-state index in [1.165, 1.54) is 18.2 Å². The van der Waals surface area contributed by atoms with E-state index in [-0.39, 0.29) is 22.7 Å². The molecular weight excluding hydrogens is 415 g/mol. The van der Waals surface area contributed by atoms with Crippen LogP contribution in [0.2, 0.25) is 0 Å². The molecular formula is C24H19FN2O3S. The fraction of sp³-hybridized carbons (Fsp3) is 0.125. The predicted octanol–water partition coefficient (Wildman–Crippen LogP) is 5.59. The highest BCUT2D eigenvalue weighted by atomic mass is 32.1. The number of nitrogens with one attached hydrogen (secondary N) is 1. The van der Waals surface area contributed by atoms with Crippen molar-refractivity contribution in [3.05, 3.63) is 82.0 Å². The van der Waals surface area contributed by atoms with Gasteiger partial charge in [0.05, 0.1) is 6.61 Å². The highest BCUT2D eigenvalue weighted by Gasteiger charge is 2.23. The Morgan fingerprint density at radius 3 is 2.45 bits per heavy atom. The molecule has 5 nitrogen and oxygen atoms in total. The average molecular weight is 434 g/mol. The molecule has 0 bridgehead atoms. The van der Waals surface area contributed by atoms with Crippen LogP contribution in [-0.2, 0) is 9.53 Å². The molecule has 0 aliphatic rings. The fourth-order valence-electron chi connectivity index (χ4n) is 2.85. The van der Waals surface area contributed by atoms with Crippen LogP contribution in [0.3, 0.4) is 0 Å². The third-order valence-corrected chi connectivity index (χ3v) is 5.30. The van der Waals surface area contributed by atoms with Gasteiger partial charge in [0.2, 0.25) is 0 Å². The van der Waals surface area contributed by atoms with Gasteiger partial charge in [0, 0.05) is 10.9 Å². The van der Waals surface area contributed by atoms with Crippen LogP contribution >= 0.6 is 11.3 Å². The van der Waals surface area contributed by atoms with E-state index in [0.29, 0.717) is 16.7 Å². The Morgan fingerprint density at radius 2 is 1.84 bits per heavy atom. The number of hydrogen-bond acceptors (Lipinski definition) is 5. The number of rotatable bonds is 6. The number of halogens is 1. The van der Waals surface area contributed by atoms with Crippen LogP contribution in [0.15, 0.2) is 59.5 Å². The molecule has 0 saturated carbocycles. The van der Waals surface area contributed by atoms with Crippen molar-refractivity contribution in [3.63, 3.8) is 0 Å². The molecule has 1 N–H and O–H groups in total. The van der Waals surface area contributed by atoms with E-state index in [4.69, 9.17) is 4.74 Å². The normalized spacial score (nSPS) is 11.0. The molecule has 156 valence electrons. The first-order chi connectivity index (χ1) is 14.9. The monoisotopic (exact) mass is 434 g/mol. The standard InChI is InChI=1S/C24H19FN2O3S/c1-3-30-24(29)21-20(17-8-10-19(25)11-9-17)14-31-23(21)27-22(28)18(13-26)12-16-6-4-15(2)5-7-16/h4-12,14H,3H2,1-2H3,(H,27,28)/b18-12+. The molecule has 2 aromatic carbocycles. The summed E-state index contributed by atoms with van der Waals surface area (Å²) in [6, 6.07) is 14.9. The van der Waals surface area contributed by atoms with Crippen molar-refractivity contribution in [2.45, 2.75) is 13.8 Å². The molecule has 1 heterocycles. The Kier molecular flexibility index (Phi) is 6.96. The van der Waals surface area contributed by atoms with Gasteiger partial charge in [-0.2, -0.15) is 5.26 Å². The summed E-state index contributed by atoms with van der Waals surface area (Å²) in [4.78, 5) is 25.4. The van der Waals surface area contributed by atoms with E-state index in [0.717, 1.165) is 16.9 Å². The van der Waals surface area contributed by atoms with E-state index in [9.17, 15) is 19.2 Å². The summed E-state index contributed by atoms with van der Waals surface area (Å²) < 4.78 is 18.5. The second-order valence-corrected chi connectivity index (χ2v) is 7.50. The lowest BCUT2D eigenvalue weighted by Gasteiger charge is -2.09. The Balaban J connectivity index is 1.95. The van der Waals surface area contributed by atoms with Crippen LogP contribution in [0.5, 0.6) is 0 Å². The topological polar surface area (TPSA) is 79.2 Å². The minimum Gasteiger partial charge on any atom is -0.462 e. The van der Waals surface area contributed by atoms with Crippen LogP contribution in [-0.4, -0.2) is 18.5 Å². The van der Waals surface area contributed by atoms with Gasteiger partial charge in [-0.05, 0) is 43.2 Å². The number of thiophene rings is 1. The largest absolute Gasteiger partial charge is 0.462 e. The van der Waals surface area contributed by atoms with Gasteiger partial charge >= 0.3 is 5.97 Å². The van der Waals surface area contributed by atoms with Crippen LogP contribution in [0.25, 0.3) is 17.2 Å². The smallest absolute Gasteiger partial charge is 0.341 e. The molecule has 1 aromatic heterocycles. The van der Waals surface area contributed by atoms with Gasteiger partial charge in [0.15, 0.2) is 0 Å². The number of carbonyl (C=O) groups is 2. The zero-order valence-corrected chi connectivity index (χ0v) is 17.8. The van der Waals surface area contributed by atoms with E-state index in [2.05, 4.69) is 5.32 Å². The molecule has 0 saturated heterocycles. The van der Waals surface area contributed by atoms with Crippen molar-refractivity contribution >= 4 is 34.3 Å². The number of benzene rings is 2. The van der Waals surface area contributed by atoms with Gasteiger partial charge < -0.3 is 10.1 Å². The summed E-state index contributed by atoms with van der Waals surface area (Å²) >= 11 is 1.13. The summed E-state index contributed by atoms with van der Waals surface area (Å²) in [5.74, 6) is -1.65. The number of amides is 1. The molecule has 1 amide bonds. The molecule has 31 heavy (non-hydrogen) atoms. The number of nitriles is 1. The highest BCUT2D eigenvalue weighted by molar-refractivity contribution is 7.15. The first-order valence-electron chi connectivity index (χ1n) is 9.47. The third kappa shape index (κ3) is 5.24. The van der Waals surface area contributed by atoms with Gasteiger partial charge in [-0.15, -0.1) is 11.3 Å². The molecule has 3 aromatic rings. The molecule has 0 aliphatic heterocycles. The molecule has 0 spiro atoms. The second kappa shape index (κ2) is 9.83. The molecule has 0 unspecified atom stereocenters. The molecule has 3 rings (SSSR count). The van der Waals surface area contributed by atoms with Crippen molar-refractivity contribution in [2.24, 2.45) is 0 Å². The summed E-state index contributed by atoms with van der Waals surface area (Å²) in [7, 11) is 0. The van der Waals surface area contributed by atoms with E-state index < -0.39 is 17.7 Å². The quantitative estimate of drug-likeness (QED) is 0.312. The second-order valence-electron chi connectivity index (χ2n) is 6.62. The average Bonchev–Trinajstić information content (AvgIpc) is 3.17. The first kappa shape index (κ1) is 21.9. The third-order valence-electron chi connectivity index (χ3n) is 4.41. The zero-order valence-electron chi connectivity index (χ0n) is 16.9.